The molecule has 7 heteroatoms. The van der Waals surface area contributed by atoms with Crippen molar-refractivity contribution in [3.05, 3.63) is 16.5 Å². The highest BCUT2D eigenvalue weighted by Crippen LogP contribution is 2.28. The number of halogens is 1. The van der Waals surface area contributed by atoms with Crippen LogP contribution in [0.4, 0.5) is 0 Å². The van der Waals surface area contributed by atoms with Crippen molar-refractivity contribution < 1.29 is 13.5 Å². The Kier molecular flexibility index (Phi) is 5.61. The lowest BCUT2D eigenvalue weighted by molar-refractivity contribution is 0.119. The first-order chi connectivity index (χ1) is 8.39. The molecule has 0 fully saturated rings. The van der Waals surface area contributed by atoms with Gasteiger partial charge in [-0.05, 0) is 25.0 Å². The summed E-state index contributed by atoms with van der Waals surface area (Å²) in [7, 11) is -3.53. The summed E-state index contributed by atoms with van der Waals surface area (Å²) in [6, 6.07) is 3.04. The molecule has 1 heterocycles. The van der Waals surface area contributed by atoms with Gasteiger partial charge in [0.2, 0.25) is 10.0 Å². The zero-order valence-electron chi connectivity index (χ0n) is 10.4. The fourth-order valence-electron chi connectivity index (χ4n) is 1.54. The van der Waals surface area contributed by atoms with Crippen molar-refractivity contribution in [2.24, 2.45) is 5.41 Å². The van der Waals surface area contributed by atoms with Crippen molar-refractivity contribution in [3.63, 3.8) is 0 Å². The molecule has 1 aromatic rings. The van der Waals surface area contributed by atoms with E-state index in [1.165, 1.54) is 6.07 Å². The lowest BCUT2D eigenvalue weighted by Crippen LogP contribution is -2.39. The second-order valence-electron chi connectivity index (χ2n) is 4.25. The van der Waals surface area contributed by atoms with E-state index >= 15 is 0 Å². The number of nitrogens with one attached hydrogen (secondary N) is 1. The van der Waals surface area contributed by atoms with Gasteiger partial charge in [0.15, 0.2) is 0 Å². The van der Waals surface area contributed by atoms with Gasteiger partial charge in [0.05, 0.1) is 4.34 Å². The predicted octanol–water partition coefficient (Wildman–Crippen LogP) is 2.48. The molecule has 2 N–H and O–H groups in total. The first-order valence-electron chi connectivity index (χ1n) is 5.75. The average molecular weight is 312 g/mol. The maximum absolute atomic E-state index is 12.0. The minimum Gasteiger partial charge on any atom is -0.396 e. The van der Waals surface area contributed by atoms with Crippen molar-refractivity contribution in [3.8, 4) is 0 Å². The van der Waals surface area contributed by atoms with Gasteiger partial charge in [-0.25, -0.2) is 13.1 Å². The van der Waals surface area contributed by atoms with Crippen LogP contribution in [0.3, 0.4) is 0 Å². The van der Waals surface area contributed by atoms with Crippen LogP contribution in [0.15, 0.2) is 16.3 Å². The van der Waals surface area contributed by atoms with Crippen LogP contribution in [0.1, 0.15) is 26.7 Å². The quantitative estimate of drug-likeness (QED) is 0.813. The molecule has 104 valence electrons. The van der Waals surface area contributed by atoms with E-state index in [2.05, 4.69) is 4.72 Å². The SMILES string of the molecule is CCC(CC)(CO)CNS(=O)(=O)c1ccc(Cl)s1. The van der Waals surface area contributed by atoms with Crippen molar-refractivity contribution in [1.29, 1.82) is 0 Å². The van der Waals surface area contributed by atoms with E-state index in [9.17, 15) is 13.5 Å². The van der Waals surface area contributed by atoms with Crippen LogP contribution in [0, 0.1) is 5.41 Å². The Bertz CT molecular complexity index is 472. The second kappa shape index (κ2) is 6.34. The second-order valence-corrected chi connectivity index (χ2v) is 7.96. The highest BCUT2D eigenvalue weighted by atomic mass is 35.5. The van der Waals surface area contributed by atoms with Crippen LogP contribution in [0.2, 0.25) is 4.34 Å². The highest BCUT2D eigenvalue weighted by molar-refractivity contribution is 7.91. The molecule has 0 aromatic carbocycles. The van der Waals surface area contributed by atoms with Gasteiger partial charge in [0.25, 0.3) is 0 Å². The molecule has 0 saturated carbocycles. The minimum absolute atomic E-state index is 0.0340. The smallest absolute Gasteiger partial charge is 0.250 e. The summed E-state index contributed by atoms with van der Waals surface area (Å²) in [5, 5.41) is 9.39. The van der Waals surface area contributed by atoms with Gasteiger partial charge >= 0.3 is 0 Å². The lowest BCUT2D eigenvalue weighted by Gasteiger charge is -2.29. The average Bonchev–Trinajstić information content (AvgIpc) is 2.79. The van der Waals surface area contributed by atoms with Gasteiger partial charge in [-0.2, -0.15) is 0 Å². The summed E-state index contributed by atoms with van der Waals surface area (Å²) >= 11 is 6.75. The van der Waals surface area contributed by atoms with Crippen LogP contribution in [0.5, 0.6) is 0 Å². The van der Waals surface area contributed by atoms with E-state index in [4.69, 9.17) is 11.6 Å². The summed E-state index contributed by atoms with van der Waals surface area (Å²) in [4.78, 5) is 0. The van der Waals surface area contributed by atoms with Gasteiger partial charge in [0, 0.05) is 18.6 Å². The van der Waals surface area contributed by atoms with E-state index in [0.29, 0.717) is 17.2 Å². The number of sulfonamides is 1. The molecule has 1 aromatic heterocycles. The Hall–Kier alpha value is -0.140. The van der Waals surface area contributed by atoms with Crippen LogP contribution in [0.25, 0.3) is 0 Å². The molecule has 0 aliphatic carbocycles. The number of aliphatic hydroxyl groups excluding tert-OH is 1. The number of aliphatic hydroxyl groups is 1. The third kappa shape index (κ3) is 3.68. The van der Waals surface area contributed by atoms with Crippen LogP contribution < -0.4 is 4.72 Å². The topological polar surface area (TPSA) is 66.4 Å². The number of hydrogen-bond donors (Lipinski definition) is 2. The lowest BCUT2D eigenvalue weighted by atomic mass is 9.84. The van der Waals surface area contributed by atoms with Gasteiger partial charge in [0.1, 0.15) is 4.21 Å². The Morgan fingerprint density at radius 1 is 1.39 bits per heavy atom. The molecule has 4 nitrogen and oxygen atoms in total. The summed E-state index contributed by atoms with van der Waals surface area (Å²) in [6.07, 6.45) is 1.43. The molecule has 0 unspecified atom stereocenters. The Morgan fingerprint density at radius 3 is 2.39 bits per heavy atom. The number of rotatable bonds is 7. The van der Waals surface area contributed by atoms with E-state index in [1.807, 2.05) is 13.8 Å². The maximum atomic E-state index is 12.0. The van der Waals surface area contributed by atoms with E-state index in [0.717, 1.165) is 11.3 Å². The predicted molar refractivity (Wildman–Crippen MR) is 74.6 cm³/mol. The van der Waals surface area contributed by atoms with Gasteiger partial charge < -0.3 is 5.11 Å². The van der Waals surface area contributed by atoms with Crippen LogP contribution in [-0.4, -0.2) is 26.7 Å². The van der Waals surface area contributed by atoms with Crippen molar-refractivity contribution >= 4 is 33.0 Å². The molecule has 0 aliphatic rings. The monoisotopic (exact) mass is 311 g/mol. The largest absolute Gasteiger partial charge is 0.396 e. The standard InChI is InChI=1S/C11H18ClNO3S2/c1-3-11(4-2,8-14)7-13-18(15,16)10-6-5-9(12)17-10/h5-6,13-14H,3-4,7-8H2,1-2H3. The zero-order chi connectivity index (χ0) is 13.8. The van der Waals surface area contributed by atoms with Gasteiger partial charge in [-0.3, -0.25) is 0 Å². The third-order valence-corrected chi connectivity index (χ3v) is 6.41. The molecule has 0 radical (unpaired) electrons. The molecule has 0 atom stereocenters. The Morgan fingerprint density at radius 2 is 2.00 bits per heavy atom. The molecular formula is C11H18ClNO3S2. The molecule has 0 aliphatic heterocycles. The Balaban J connectivity index is 2.79. The molecule has 0 saturated heterocycles. The van der Waals surface area contributed by atoms with Crippen molar-refractivity contribution in [2.75, 3.05) is 13.2 Å². The van der Waals surface area contributed by atoms with E-state index in [-0.39, 0.29) is 17.4 Å². The first kappa shape index (κ1) is 15.9. The fraction of sp³-hybridized carbons (Fsp3) is 0.636. The molecule has 1 rings (SSSR count). The molecule has 0 bridgehead atoms. The summed E-state index contributed by atoms with van der Waals surface area (Å²) in [5.41, 5.74) is -0.395. The molecule has 0 spiro atoms. The van der Waals surface area contributed by atoms with Crippen molar-refractivity contribution in [2.45, 2.75) is 30.9 Å². The summed E-state index contributed by atoms with van der Waals surface area (Å²) in [6.45, 7) is 4.08. The van der Waals surface area contributed by atoms with Crippen LogP contribution in [-0.2, 0) is 10.0 Å². The normalized spacial score (nSPS) is 12.9. The minimum atomic E-state index is -3.53. The summed E-state index contributed by atoms with van der Waals surface area (Å²) < 4.78 is 27.2. The van der Waals surface area contributed by atoms with E-state index in [1.54, 1.807) is 6.07 Å². The van der Waals surface area contributed by atoms with Crippen LogP contribution >= 0.6 is 22.9 Å². The molecule has 18 heavy (non-hydrogen) atoms. The zero-order valence-corrected chi connectivity index (χ0v) is 12.8. The number of hydrogen-bond acceptors (Lipinski definition) is 4. The summed E-state index contributed by atoms with van der Waals surface area (Å²) in [5.74, 6) is 0. The maximum Gasteiger partial charge on any atom is 0.250 e. The number of thiophene rings is 1. The molecular weight excluding hydrogens is 294 g/mol. The third-order valence-electron chi connectivity index (χ3n) is 3.29. The fourth-order valence-corrected chi connectivity index (χ4v) is 4.23. The van der Waals surface area contributed by atoms with Gasteiger partial charge in [-0.1, -0.05) is 25.4 Å². The van der Waals surface area contributed by atoms with E-state index < -0.39 is 15.4 Å². The Labute approximate surface area is 117 Å². The first-order valence-corrected chi connectivity index (χ1v) is 8.43. The molecule has 0 amide bonds. The van der Waals surface area contributed by atoms with Crippen molar-refractivity contribution in [1.82, 2.24) is 4.72 Å². The highest BCUT2D eigenvalue weighted by Gasteiger charge is 2.28. The van der Waals surface area contributed by atoms with Gasteiger partial charge in [-0.15, -0.1) is 11.3 Å².